The van der Waals surface area contributed by atoms with Crippen molar-refractivity contribution in [2.45, 2.75) is 25.9 Å². The molecule has 1 saturated heterocycles. The van der Waals surface area contributed by atoms with Gasteiger partial charge in [-0.25, -0.2) is 4.98 Å². The van der Waals surface area contributed by atoms with Gasteiger partial charge in [0.05, 0.1) is 16.3 Å². The summed E-state index contributed by atoms with van der Waals surface area (Å²) in [5.41, 5.74) is 0.0172. The van der Waals surface area contributed by atoms with Gasteiger partial charge >= 0.3 is 6.18 Å². The van der Waals surface area contributed by atoms with Crippen molar-refractivity contribution < 1.29 is 22.8 Å². The number of amides is 1. The number of hydrogen-bond donors (Lipinski definition) is 1. The van der Waals surface area contributed by atoms with Crippen LogP contribution in [0.5, 0.6) is 0 Å². The van der Waals surface area contributed by atoms with Crippen LogP contribution < -0.4 is 10.2 Å². The zero-order valence-corrected chi connectivity index (χ0v) is 16.3. The Morgan fingerprint density at radius 1 is 1.21 bits per heavy atom. The molecule has 1 N–H and O–H groups in total. The van der Waals surface area contributed by atoms with Crippen LogP contribution in [0, 0.1) is 5.92 Å². The molecule has 29 heavy (non-hydrogen) atoms. The van der Waals surface area contributed by atoms with Crippen molar-refractivity contribution in [1.82, 2.24) is 4.98 Å². The highest BCUT2D eigenvalue weighted by atomic mass is 35.5. The molecule has 0 atom stereocenters. The summed E-state index contributed by atoms with van der Waals surface area (Å²) < 4.78 is 38.3. The number of carbonyl (C=O) groups excluding carboxylic acids is 2. The summed E-state index contributed by atoms with van der Waals surface area (Å²) in [7, 11) is 0. The number of nitrogens with zero attached hydrogens (tertiary/aromatic N) is 2. The lowest BCUT2D eigenvalue weighted by Gasteiger charge is -2.32. The van der Waals surface area contributed by atoms with Gasteiger partial charge in [0.25, 0.3) is 0 Å². The molecule has 1 aliphatic rings. The van der Waals surface area contributed by atoms with Gasteiger partial charge in [0.1, 0.15) is 5.82 Å². The Kier molecular flexibility index (Phi) is 6.12. The highest BCUT2D eigenvalue weighted by molar-refractivity contribution is 6.33. The molecule has 1 fully saturated rings. The molecule has 0 saturated carbocycles. The van der Waals surface area contributed by atoms with Crippen molar-refractivity contribution in [3.8, 4) is 0 Å². The number of alkyl halides is 3. The third-order valence-corrected chi connectivity index (χ3v) is 5.16. The van der Waals surface area contributed by atoms with E-state index in [2.05, 4.69) is 10.3 Å². The number of rotatable bonds is 4. The van der Waals surface area contributed by atoms with Gasteiger partial charge in [0.15, 0.2) is 5.78 Å². The molecule has 0 spiro atoms. The number of aromatic nitrogens is 1. The molecule has 0 unspecified atom stereocenters. The molecule has 1 aromatic heterocycles. The fraction of sp³-hybridized carbons (Fsp3) is 0.350. The van der Waals surface area contributed by atoms with Crippen LogP contribution in [0.3, 0.4) is 0 Å². The summed E-state index contributed by atoms with van der Waals surface area (Å²) in [5.74, 6) is -0.330. The number of ketones is 1. The van der Waals surface area contributed by atoms with E-state index in [0.29, 0.717) is 37.2 Å². The second kappa shape index (κ2) is 8.41. The minimum absolute atomic E-state index is 0.0712. The van der Waals surface area contributed by atoms with Gasteiger partial charge in [0.2, 0.25) is 5.91 Å². The number of pyridine rings is 1. The fourth-order valence-corrected chi connectivity index (χ4v) is 3.59. The van der Waals surface area contributed by atoms with E-state index in [9.17, 15) is 22.8 Å². The van der Waals surface area contributed by atoms with Crippen LogP contribution in [0.2, 0.25) is 5.02 Å². The first-order valence-electron chi connectivity index (χ1n) is 9.05. The maximum Gasteiger partial charge on any atom is 0.417 e. The first-order valence-corrected chi connectivity index (χ1v) is 9.43. The third-order valence-electron chi connectivity index (χ3n) is 4.88. The van der Waals surface area contributed by atoms with Crippen LogP contribution in [0.25, 0.3) is 0 Å². The lowest BCUT2D eigenvalue weighted by atomic mass is 9.95. The minimum Gasteiger partial charge on any atom is -0.355 e. The summed E-state index contributed by atoms with van der Waals surface area (Å²) in [6.07, 6.45) is -2.75. The molecule has 2 aromatic rings. The molecule has 0 aliphatic carbocycles. The predicted molar refractivity (Wildman–Crippen MR) is 104 cm³/mol. The van der Waals surface area contributed by atoms with E-state index >= 15 is 0 Å². The van der Waals surface area contributed by atoms with Crippen LogP contribution >= 0.6 is 11.6 Å². The summed E-state index contributed by atoms with van der Waals surface area (Å²) in [6.45, 7) is 2.30. The van der Waals surface area contributed by atoms with Crippen molar-refractivity contribution in [3.63, 3.8) is 0 Å². The Labute approximate surface area is 170 Å². The normalized spacial score (nSPS) is 15.3. The average molecular weight is 426 g/mol. The smallest absolute Gasteiger partial charge is 0.355 e. The number of hydrogen-bond acceptors (Lipinski definition) is 4. The number of nitrogens with one attached hydrogen (secondary N) is 1. The number of piperidine rings is 1. The van der Waals surface area contributed by atoms with Crippen molar-refractivity contribution in [2.24, 2.45) is 5.92 Å². The Hall–Kier alpha value is -2.61. The molecular weight excluding hydrogens is 407 g/mol. The molecule has 1 aliphatic heterocycles. The van der Waals surface area contributed by atoms with Crippen molar-refractivity contribution in [3.05, 3.63) is 52.7 Å². The Balaban J connectivity index is 1.64. The Morgan fingerprint density at radius 2 is 1.86 bits per heavy atom. The van der Waals surface area contributed by atoms with Crippen LogP contribution in [-0.4, -0.2) is 29.8 Å². The molecule has 5 nitrogen and oxygen atoms in total. The second-order valence-corrected chi connectivity index (χ2v) is 7.29. The maximum atomic E-state index is 12.8. The van der Waals surface area contributed by atoms with E-state index in [1.807, 2.05) is 0 Å². The van der Waals surface area contributed by atoms with Gasteiger partial charge in [-0.3, -0.25) is 9.59 Å². The molecule has 0 bridgehead atoms. The largest absolute Gasteiger partial charge is 0.417 e. The van der Waals surface area contributed by atoms with Gasteiger partial charge in [-0.15, -0.1) is 0 Å². The maximum absolute atomic E-state index is 12.8. The topological polar surface area (TPSA) is 62.3 Å². The molecule has 9 heteroatoms. The third kappa shape index (κ3) is 4.87. The lowest BCUT2D eigenvalue weighted by molar-refractivity contribution is -0.137. The van der Waals surface area contributed by atoms with Gasteiger partial charge in [-0.05, 0) is 38.0 Å². The zero-order valence-electron chi connectivity index (χ0n) is 15.6. The monoisotopic (exact) mass is 425 g/mol. The SMILES string of the molecule is CC(=O)c1ccccc1NC(=O)C1CCN(c2ncc(C(F)(F)F)cc2Cl)CC1. The van der Waals surface area contributed by atoms with Crippen LogP contribution in [0.15, 0.2) is 36.5 Å². The van der Waals surface area contributed by atoms with E-state index in [1.165, 1.54) is 6.92 Å². The lowest BCUT2D eigenvalue weighted by Crippen LogP contribution is -2.38. The van der Waals surface area contributed by atoms with E-state index in [-0.39, 0.29) is 28.4 Å². The second-order valence-electron chi connectivity index (χ2n) is 6.88. The van der Waals surface area contributed by atoms with Gasteiger partial charge in [-0.2, -0.15) is 13.2 Å². The van der Waals surface area contributed by atoms with E-state index in [0.717, 1.165) is 12.3 Å². The van der Waals surface area contributed by atoms with Crippen LogP contribution in [0.1, 0.15) is 35.7 Å². The minimum atomic E-state index is -4.50. The van der Waals surface area contributed by atoms with Gasteiger partial charge < -0.3 is 10.2 Å². The molecule has 1 amide bonds. The summed E-state index contributed by atoms with van der Waals surface area (Å²) in [6, 6.07) is 7.66. The first kappa shape index (κ1) is 21.1. The van der Waals surface area contributed by atoms with Gasteiger partial charge in [-0.1, -0.05) is 23.7 Å². The number of Topliss-reactive ketones (excluding diaryl/α,β-unsaturated/α-hetero) is 1. The van der Waals surface area contributed by atoms with Crippen LogP contribution in [-0.2, 0) is 11.0 Å². The summed E-state index contributed by atoms with van der Waals surface area (Å²) >= 11 is 6.01. The van der Waals surface area contributed by atoms with Crippen molar-refractivity contribution in [2.75, 3.05) is 23.3 Å². The Morgan fingerprint density at radius 3 is 2.45 bits per heavy atom. The molecule has 0 radical (unpaired) electrons. The molecule has 3 rings (SSSR count). The molecule has 2 heterocycles. The predicted octanol–water partition coefficient (Wildman–Crippen LogP) is 4.81. The number of anilines is 2. The quantitative estimate of drug-likeness (QED) is 0.714. The summed E-state index contributed by atoms with van der Waals surface area (Å²) in [5, 5.41) is 2.74. The van der Waals surface area contributed by atoms with Crippen molar-refractivity contribution >= 4 is 34.8 Å². The van der Waals surface area contributed by atoms with Crippen molar-refractivity contribution in [1.29, 1.82) is 0 Å². The molecular formula is C20H19ClF3N3O2. The number of para-hydroxylation sites is 1. The summed E-state index contributed by atoms with van der Waals surface area (Å²) in [4.78, 5) is 29.9. The van der Waals surface area contributed by atoms with Gasteiger partial charge in [0, 0.05) is 30.8 Å². The van der Waals surface area contributed by atoms with E-state index in [1.54, 1.807) is 29.2 Å². The van der Waals surface area contributed by atoms with E-state index < -0.39 is 11.7 Å². The average Bonchev–Trinajstić information content (AvgIpc) is 2.67. The number of benzene rings is 1. The Bertz CT molecular complexity index is 925. The number of carbonyl (C=O) groups is 2. The molecule has 1 aromatic carbocycles. The molecule has 154 valence electrons. The van der Waals surface area contributed by atoms with Crippen LogP contribution in [0.4, 0.5) is 24.7 Å². The highest BCUT2D eigenvalue weighted by Crippen LogP contribution is 2.34. The highest BCUT2D eigenvalue weighted by Gasteiger charge is 2.33. The zero-order chi connectivity index (χ0) is 21.2. The first-order chi connectivity index (χ1) is 13.7. The fourth-order valence-electron chi connectivity index (χ4n) is 3.31. The standard InChI is InChI=1S/C20H19ClF3N3O2/c1-12(28)15-4-2-3-5-17(15)26-19(29)13-6-8-27(9-7-13)18-16(21)10-14(11-25-18)20(22,23)24/h2-5,10-11,13H,6-9H2,1H3,(H,26,29). The number of halogens is 4. The van der Waals surface area contributed by atoms with E-state index in [4.69, 9.17) is 11.6 Å².